The molecule has 9 nitrogen and oxygen atoms in total. The molecular weight excluding hydrogens is 424 g/mol. The summed E-state index contributed by atoms with van der Waals surface area (Å²) in [6.07, 6.45) is 3.54. The second-order valence-electron chi connectivity index (χ2n) is 7.38. The van der Waals surface area contributed by atoms with E-state index < -0.39 is 10.0 Å². The minimum Gasteiger partial charge on any atom is -0.331 e. The molecule has 1 fully saturated rings. The molecular formula is C19H24N6O3S2. The number of imidazole rings is 1. The summed E-state index contributed by atoms with van der Waals surface area (Å²) in [5.41, 5.74) is 1.45. The van der Waals surface area contributed by atoms with Crippen LogP contribution >= 0.6 is 11.3 Å². The summed E-state index contributed by atoms with van der Waals surface area (Å²) in [4.78, 5) is 17.0. The third-order valence-electron chi connectivity index (χ3n) is 5.25. The van der Waals surface area contributed by atoms with Crippen LogP contribution < -0.4 is 5.32 Å². The largest absolute Gasteiger partial charge is 0.331 e. The maximum Gasteiger partial charge on any atom is 0.243 e. The summed E-state index contributed by atoms with van der Waals surface area (Å²) in [5, 5.41) is 11.8. The summed E-state index contributed by atoms with van der Waals surface area (Å²) in [6.45, 7) is 2.96. The lowest BCUT2D eigenvalue weighted by Crippen LogP contribution is -2.35. The summed E-state index contributed by atoms with van der Waals surface area (Å²) in [5.74, 6) is 0.563. The summed E-state index contributed by atoms with van der Waals surface area (Å²) < 4.78 is 29.3. The minimum atomic E-state index is -3.51. The molecule has 1 amide bonds. The van der Waals surface area contributed by atoms with E-state index in [4.69, 9.17) is 0 Å². The number of sulfonamides is 1. The Hall–Kier alpha value is -2.37. The molecule has 1 saturated heterocycles. The van der Waals surface area contributed by atoms with Gasteiger partial charge in [-0.3, -0.25) is 4.79 Å². The summed E-state index contributed by atoms with van der Waals surface area (Å²) >= 11 is 1.32. The molecule has 0 atom stereocenters. The molecule has 1 aliphatic rings. The number of amides is 1. The van der Waals surface area contributed by atoms with Gasteiger partial charge in [-0.15, -0.1) is 10.2 Å². The van der Waals surface area contributed by atoms with Crippen LogP contribution in [-0.2, 0) is 28.3 Å². The van der Waals surface area contributed by atoms with Crippen molar-refractivity contribution in [3.8, 4) is 0 Å². The van der Waals surface area contributed by atoms with Crippen LogP contribution in [0.1, 0.15) is 36.5 Å². The number of carbonyl (C=O) groups is 1. The number of nitrogens with one attached hydrogen (secondary N) is 1. The summed E-state index contributed by atoms with van der Waals surface area (Å²) in [6, 6.07) is 5.06. The van der Waals surface area contributed by atoms with Gasteiger partial charge in [-0.1, -0.05) is 17.8 Å². The Balaban J connectivity index is 1.50. The number of nitrogens with zero attached hydrogens (tertiary/aromatic N) is 5. The first-order valence-electron chi connectivity index (χ1n) is 9.90. The van der Waals surface area contributed by atoms with E-state index in [0.29, 0.717) is 30.2 Å². The van der Waals surface area contributed by atoms with E-state index in [1.165, 1.54) is 11.3 Å². The highest BCUT2D eigenvalue weighted by molar-refractivity contribution is 7.89. The Kier molecular flexibility index (Phi) is 5.85. The van der Waals surface area contributed by atoms with Gasteiger partial charge < -0.3 is 9.88 Å². The predicted molar refractivity (Wildman–Crippen MR) is 115 cm³/mol. The highest BCUT2D eigenvalue weighted by Crippen LogP contribution is 2.25. The van der Waals surface area contributed by atoms with Gasteiger partial charge in [-0.05, 0) is 38.0 Å². The first-order chi connectivity index (χ1) is 14.3. The Morgan fingerprint density at radius 1 is 1.20 bits per heavy atom. The van der Waals surface area contributed by atoms with E-state index in [0.717, 1.165) is 35.6 Å². The van der Waals surface area contributed by atoms with Crippen LogP contribution in [0.15, 0.2) is 23.1 Å². The molecule has 0 unspecified atom stereocenters. The molecule has 0 saturated carbocycles. The zero-order chi connectivity index (χ0) is 21.3. The summed E-state index contributed by atoms with van der Waals surface area (Å²) in [7, 11) is -1.64. The molecule has 4 rings (SSSR count). The van der Waals surface area contributed by atoms with Crippen molar-refractivity contribution in [2.45, 2.75) is 43.9 Å². The number of aromatic nitrogens is 4. The predicted octanol–water partition coefficient (Wildman–Crippen LogP) is 2.48. The van der Waals surface area contributed by atoms with Gasteiger partial charge in [-0.2, -0.15) is 4.31 Å². The van der Waals surface area contributed by atoms with Gasteiger partial charge in [0.15, 0.2) is 0 Å². The van der Waals surface area contributed by atoms with Crippen LogP contribution in [0.25, 0.3) is 11.0 Å². The molecule has 11 heteroatoms. The Labute approximate surface area is 179 Å². The Bertz CT molecular complexity index is 1180. The number of hydrogen-bond donors (Lipinski definition) is 1. The lowest BCUT2D eigenvalue weighted by atomic mass is 10.2. The fourth-order valence-electron chi connectivity index (χ4n) is 3.62. The highest BCUT2D eigenvalue weighted by atomic mass is 32.2. The Morgan fingerprint density at radius 3 is 2.67 bits per heavy atom. The van der Waals surface area contributed by atoms with Crippen molar-refractivity contribution in [1.29, 1.82) is 0 Å². The second kappa shape index (κ2) is 8.40. The minimum absolute atomic E-state index is 0.161. The zero-order valence-corrected chi connectivity index (χ0v) is 18.6. The molecule has 1 aliphatic heterocycles. The third-order valence-corrected chi connectivity index (χ3v) is 7.89. The standard InChI is InChI=1S/C19H24N6O3S2/c1-13-22-23-19(29-13)21-18(26)9-8-17-20-15-12-14(6-7-16(15)24(17)2)30(27,28)25-10-4-3-5-11-25/h6-7,12H,3-5,8-11H2,1-2H3,(H,21,23,26). The number of piperidine rings is 1. The third kappa shape index (κ3) is 4.23. The number of carbonyl (C=O) groups excluding carboxylic acids is 1. The monoisotopic (exact) mass is 448 g/mol. The van der Waals surface area contributed by atoms with Crippen molar-refractivity contribution < 1.29 is 13.2 Å². The lowest BCUT2D eigenvalue weighted by molar-refractivity contribution is -0.116. The molecule has 3 heterocycles. The number of anilines is 1. The smallest absolute Gasteiger partial charge is 0.243 e. The number of benzene rings is 1. The molecule has 1 N–H and O–H groups in total. The maximum atomic E-state index is 12.9. The van der Waals surface area contributed by atoms with Gasteiger partial charge in [0.1, 0.15) is 10.8 Å². The van der Waals surface area contributed by atoms with Gasteiger partial charge >= 0.3 is 0 Å². The average molecular weight is 449 g/mol. The van der Waals surface area contributed by atoms with Gasteiger partial charge in [0.25, 0.3) is 0 Å². The van der Waals surface area contributed by atoms with E-state index in [2.05, 4.69) is 20.5 Å². The van der Waals surface area contributed by atoms with Crippen molar-refractivity contribution in [2.75, 3.05) is 18.4 Å². The molecule has 0 aliphatic carbocycles. The van der Waals surface area contributed by atoms with E-state index in [1.54, 1.807) is 22.5 Å². The van der Waals surface area contributed by atoms with Crippen LogP contribution in [0.5, 0.6) is 0 Å². The van der Waals surface area contributed by atoms with E-state index in [-0.39, 0.29) is 17.2 Å². The fraction of sp³-hybridized carbons (Fsp3) is 0.474. The molecule has 0 radical (unpaired) electrons. The number of aryl methyl sites for hydroxylation is 3. The van der Waals surface area contributed by atoms with Gasteiger partial charge in [0, 0.05) is 33.0 Å². The van der Waals surface area contributed by atoms with Gasteiger partial charge in [0.2, 0.25) is 21.1 Å². The van der Waals surface area contributed by atoms with Crippen LogP contribution in [0.2, 0.25) is 0 Å². The first kappa shape index (κ1) is 20.9. The quantitative estimate of drug-likeness (QED) is 0.620. The van der Waals surface area contributed by atoms with Crippen LogP contribution in [0, 0.1) is 6.92 Å². The molecule has 0 spiro atoms. The lowest BCUT2D eigenvalue weighted by Gasteiger charge is -2.25. The van der Waals surface area contributed by atoms with Gasteiger partial charge in [-0.25, -0.2) is 13.4 Å². The van der Waals surface area contributed by atoms with E-state index in [9.17, 15) is 13.2 Å². The molecule has 1 aromatic carbocycles. The van der Waals surface area contributed by atoms with Crippen LogP contribution in [-0.4, -0.2) is 51.5 Å². The second-order valence-corrected chi connectivity index (χ2v) is 10.5. The fourth-order valence-corrected chi connectivity index (χ4v) is 5.77. The van der Waals surface area contributed by atoms with Crippen molar-refractivity contribution in [3.63, 3.8) is 0 Å². The molecule has 30 heavy (non-hydrogen) atoms. The Morgan fingerprint density at radius 2 is 1.97 bits per heavy atom. The number of rotatable bonds is 6. The van der Waals surface area contributed by atoms with E-state index in [1.807, 2.05) is 18.5 Å². The molecule has 0 bridgehead atoms. The zero-order valence-electron chi connectivity index (χ0n) is 17.0. The normalized spacial score (nSPS) is 15.5. The maximum absolute atomic E-state index is 12.9. The first-order valence-corrected chi connectivity index (χ1v) is 12.2. The van der Waals surface area contributed by atoms with Crippen LogP contribution in [0.3, 0.4) is 0 Å². The van der Waals surface area contributed by atoms with Crippen molar-refractivity contribution >= 4 is 43.4 Å². The van der Waals surface area contributed by atoms with Crippen molar-refractivity contribution in [2.24, 2.45) is 7.05 Å². The van der Waals surface area contributed by atoms with Crippen molar-refractivity contribution in [3.05, 3.63) is 29.0 Å². The SMILES string of the molecule is Cc1nnc(NC(=O)CCc2nc3cc(S(=O)(=O)N4CCCCC4)ccc3n2C)s1. The van der Waals surface area contributed by atoms with Crippen LogP contribution in [0.4, 0.5) is 5.13 Å². The number of fused-ring (bicyclic) bond motifs is 1. The molecule has 160 valence electrons. The molecule has 3 aromatic rings. The van der Waals surface area contributed by atoms with Gasteiger partial charge in [0.05, 0.1) is 15.9 Å². The topological polar surface area (TPSA) is 110 Å². The average Bonchev–Trinajstić information content (AvgIpc) is 3.29. The van der Waals surface area contributed by atoms with Crippen molar-refractivity contribution in [1.82, 2.24) is 24.1 Å². The highest BCUT2D eigenvalue weighted by Gasteiger charge is 2.26. The number of hydrogen-bond acceptors (Lipinski definition) is 7. The molecule has 2 aromatic heterocycles. The van der Waals surface area contributed by atoms with E-state index >= 15 is 0 Å².